The maximum atomic E-state index is 12.9. The maximum Gasteiger partial charge on any atom is 0.321 e. The standard InChI is InChI=1S/C21H22N2O4S/c1-28-17-7-4-14(5-8-17)20(24)15-3-2-10-23(12-15)21(25)22-16-6-9-18-19(11-16)27-13-26-18/h4-9,11,15H,2-3,10,12-13H2,1H3,(H,22,25)/t15-/m0/s1. The third-order valence-corrected chi connectivity index (χ3v) is 5.82. The highest BCUT2D eigenvalue weighted by molar-refractivity contribution is 7.98. The lowest BCUT2D eigenvalue weighted by molar-refractivity contribution is 0.0851. The summed E-state index contributed by atoms with van der Waals surface area (Å²) < 4.78 is 10.6. The van der Waals surface area contributed by atoms with Gasteiger partial charge in [0, 0.05) is 41.2 Å². The number of rotatable bonds is 4. The van der Waals surface area contributed by atoms with Gasteiger partial charge >= 0.3 is 6.03 Å². The number of hydrogen-bond acceptors (Lipinski definition) is 5. The molecule has 0 aliphatic carbocycles. The molecule has 1 saturated heterocycles. The number of carbonyl (C=O) groups is 2. The second kappa shape index (κ2) is 8.14. The van der Waals surface area contributed by atoms with Gasteiger partial charge < -0.3 is 19.7 Å². The molecule has 6 nitrogen and oxygen atoms in total. The van der Waals surface area contributed by atoms with E-state index in [1.807, 2.05) is 30.5 Å². The smallest absolute Gasteiger partial charge is 0.321 e. The molecule has 2 aromatic carbocycles. The molecule has 1 N–H and O–H groups in total. The van der Waals surface area contributed by atoms with Crippen molar-refractivity contribution in [2.45, 2.75) is 17.7 Å². The number of thioether (sulfide) groups is 1. The van der Waals surface area contributed by atoms with Gasteiger partial charge in [-0.1, -0.05) is 12.1 Å². The summed E-state index contributed by atoms with van der Waals surface area (Å²) in [6.07, 6.45) is 3.62. The van der Waals surface area contributed by atoms with Crippen molar-refractivity contribution < 1.29 is 19.1 Å². The molecule has 1 atom stereocenters. The van der Waals surface area contributed by atoms with Gasteiger partial charge in [0.1, 0.15) is 0 Å². The Kier molecular flexibility index (Phi) is 5.43. The van der Waals surface area contributed by atoms with Gasteiger partial charge in [-0.15, -0.1) is 11.8 Å². The van der Waals surface area contributed by atoms with E-state index in [-0.39, 0.29) is 24.5 Å². The van der Waals surface area contributed by atoms with E-state index in [0.717, 1.165) is 17.7 Å². The number of ketones is 1. The molecule has 0 spiro atoms. The Morgan fingerprint density at radius 3 is 2.68 bits per heavy atom. The lowest BCUT2D eigenvalue weighted by atomic mass is 9.90. The molecule has 0 saturated carbocycles. The highest BCUT2D eigenvalue weighted by atomic mass is 32.2. The molecule has 0 unspecified atom stereocenters. The van der Waals surface area contributed by atoms with E-state index in [9.17, 15) is 9.59 Å². The van der Waals surface area contributed by atoms with E-state index in [1.165, 1.54) is 0 Å². The van der Waals surface area contributed by atoms with Crippen LogP contribution in [0.25, 0.3) is 0 Å². The predicted octanol–water partition coefficient (Wildman–Crippen LogP) is 4.26. The van der Waals surface area contributed by atoms with Gasteiger partial charge in [0.25, 0.3) is 0 Å². The van der Waals surface area contributed by atoms with E-state index >= 15 is 0 Å². The first kappa shape index (κ1) is 18.7. The van der Waals surface area contributed by atoms with Gasteiger partial charge in [-0.05, 0) is 43.4 Å². The molecule has 146 valence electrons. The van der Waals surface area contributed by atoms with Crippen molar-refractivity contribution in [2.75, 3.05) is 31.5 Å². The molecule has 1 fully saturated rings. The molecule has 0 bridgehead atoms. The number of likely N-dealkylation sites (tertiary alicyclic amines) is 1. The molecule has 4 rings (SSSR count). The SMILES string of the molecule is CSc1ccc(C(=O)[C@H]2CCCN(C(=O)Nc3ccc4c(c3)OCO4)C2)cc1. The average Bonchev–Trinajstić information content (AvgIpc) is 3.21. The van der Waals surface area contributed by atoms with Gasteiger partial charge in [0.15, 0.2) is 17.3 Å². The maximum absolute atomic E-state index is 12.9. The number of urea groups is 1. The van der Waals surface area contributed by atoms with Crippen molar-refractivity contribution in [1.82, 2.24) is 4.90 Å². The van der Waals surface area contributed by atoms with Crippen molar-refractivity contribution in [3.8, 4) is 11.5 Å². The Labute approximate surface area is 168 Å². The van der Waals surface area contributed by atoms with Crippen molar-refractivity contribution in [3.63, 3.8) is 0 Å². The molecule has 2 heterocycles. The highest BCUT2D eigenvalue weighted by Gasteiger charge is 2.29. The molecule has 2 aromatic rings. The number of hydrogen-bond donors (Lipinski definition) is 1. The van der Waals surface area contributed by atoms with Crippen molar-refractivity contribution in [2.24, 2.45) is 5.92 Å². The average molecular weight is 398 g/mol. The minimum Gasteiger partial charge on any atom is -0.454 e. The predicted molar refractivity (Wildman–Crippen MR) is 108 cm³/mol. The van der Waals surface area contributed by atoms with Crippen LogP contribution in [-0.4, -0.2) is 42.9 Å². The van der Waals surface area contributed by atoms with E-state index in [0.29, 0.717) is 35.8 Å². The topological polar surface area (TPSA) is 67.9 Å². The normalized spacial score (nSPS) is 18.0. The highest BCUT2D eigenvalue weighted by Crippen LogP contribution is 2.34. The minimum absolute atomic E-state index is 0.105. The number of Topliss-reactive ketones (excluding diaryl/α,β-unsaturated/α-hetero) is 1. The lowest BCUT2D eigenvalue weighted by Crippen LogP contribution is -2.44. The van der Waals surface area contributed by atoms with Gasteiger partial charge in [0.05, 0.1) is 0 Å². The minimum atomic E-state index is -0.200. The number of nitrogens with zero attached hydrogens (tertiary/aromatic N) is 1. The molecule has 2 amide bonds. The summed E-state index contributed by atoms with van der Waals surface area (Å²) in [6, 6.07) is 12.8. The van der Waals surface area contributed by atoms with Crippen LogP contribution in [0.3, 0.4) is 0 Å². The number of carbonyl (C=O) groups excluding carboxylic acids is 2. The fourth-order valence-electron chi connectivity index (χ4n) is 3.54. The van der Waals surface area contributed by atoms with Gasteiger partial charge in [-0.2, -0.15) is 0 Å². The van der Waals surface area contributed by atoms with Gasteiger partial charge in [0.2, 0.25) is 6.79 Å². The van der Waals surface area contributed by atoms with Crippen LogP contribution in [0.2, 0.25) is 0 Å². The second-order valence-electron chi connectivity index (χ2n) is 6.88. The summed E-state index contributed by atoms with van der Waals surface area (Å²) in [6.45, 7) is 1.27. The zero-order chi connectivity index (χ0) is 19.5. The summed E-state index contributed by atoms with van der Waals surface area (Å²) in [5.41, 5.74) is 1.36. The summed E-state index contributed by atoms with van der Waals surface area (Å²) >= 11 is 1.65. The first-order valence-electron chi connectivity index (χ1n) is 9.28. The van der Waals surface area contributed by atoms with Crippen LogP contribution < -0.4 is 14.8 Å². The number of anilines is 1. The first-order valence-corrected chi connectivity index (χ1v) is 10.5. The second-order valence-corrected chi connectivity index (χ2v) is 7.76. The van der Waals surface area contributed by atoms with Crippen LogP contribution in [-0.2, 0) is 0 Å². The largest absolute Gasteiger partial charge is 0.454 e. The Morgan fingerprint density at radius 2 is 1.89 bits per heavy atom. The van der Waals surface area contributed by atoms with Crippen LogP contribution in [0.1, 0.15) is 23.2 Å². The number of nitrogens with one attached hydrogen (secondary N) is 1. The third-order valence-electron chi connectivity index (χ3n) is 5.08. The zero-order valence-electron chi connectivity index (χ0n) is 15.6. The van der Waals surface area contributed by atoms with Crippen LogP contribution >= 0.6 is 11.8 Å². The van der Waals surface area contributed by atoms with Crippen molar-refractivity contribution in [1.29, 1.82) is 0 Å². The van der Waals surface area contributed by atoms with Crippen LogP contribution in [0.4, 0.5) is 10.5 Å². The molecule has 7 heteroatoms. The quantitative estimate of drug-likeness (QED) is 0.616. The van der Waals surface area contributed by atoms with Gasteiger partial charge in [-0.25, -0.2) is 4.79 Å². The number of benzene rings is 2. The van der Waals surface area contributed by atoms with Crippen LogP contribution in [0.5, 0.6) is 11.5 Å². The molecular weight excluding hydrogens is 376 g/mol. The fourth-order valence-corrected chi connectivity index (χ4v) is 3.95. The summed E-state index contributed by atoms with van der Waals surface area (Å²) in [5, 5.41) is 2.89. The number of fused-ring (bicyclic) bond motifs is 1. The van der Waals surface area contributed by atoms with E-state index in [1.54, 1.807) is 34.9 Å². The van der Waals surface area contributed by atoms with E-state index in [4.69, 9.17) is 9.47 Å². The third kappa shape index (κ3) is 3.94. The van der Waals surface area contributed by atoms with Crippen molar-refractivity contribution >= 4 is 29.3 Å². The monoisotopic (exact) mass is 398 g/mol. The zero-order valence-corrected chi connectivity index (χ0v) is 16.5. The Balaban J connectivity index is 1.39. The van der Waals surface area contributed by atoms with Crippen LogP contribution in [0.15, 0.2) is 47.4 Å². The van der Waals surface area contributed by atoms with Crippen LogP contribution in [0, 0.1) is 5.92 Å². The Hall–Kier alpha value is -2.67. The molecule has 2 aliphatic rings. The molecular formula is C21H22N2O4S. The van der Waals surface area contributed by atoms with E-state index < -0.39 is 0 Å². The summed E-state index contributed by atoms with van der Waals surface area (Å²) in [7, 11) is 0. The lowest BCUT2D eigenvalue weighted by Gasteiger charge is -2.32. The Morgan fingerprint density at radius 1 is 1.11 bits per heavy atom. The van der Waals surface area contributed by atoms with E-state index in [2.05, 4.69) is 5.32 Å². The molecule has 2 aliphatic heterocycles. The fraction of sp³-hybridized carbons (Fsp3) is 0.333. The molecule has 28 heavy (non-hydrogen) atoms. The number of ether oxygens (including phenoxy) is 2. The first-order chi connectivity index (χ1) is 13.6. The molecule has 0 radical (unpaired) electrons. The Bertz CT molecular complexity index is 884. The molecule has 0 aromatic heterocycles. The number of piperidine rings is 1. The number of amides is 2. The summed E-state index contributed by atoms with van der Waals surface area (Å²) in [4.78, 5) is 28.4. The summed E-state index contributed by atoms with van der Waals surface area (Å²) in [5.74, 6) is 1.23. The van der Waals surface area contributed by atoms with Crippen molar-refractivity contribution in [3.05, 3.63) is 48.0 Å². The van der Waals surface area contributed by atoms with Gasteiger partial charge in [-0.3, -0.25) is 4.79 Å².